The molecule has 0 aliphatic carbocycles. The van der Waals surface area contributed by atoms with Gasteiger partial charge in [-0.2, -0.15) is 0 Å². The van der Waals surface area contributed by atoms with Crippen molar-refractivity contribution in [3.05, 3.63) is 57.9 Å². The molecule has 0 saturated carbocycles. The van der Waals surface area contributed by atoms with Gasteiger partial charge < -0.3 is 0 Å². The molecule has 4 nitrogen and oxygen atoms in total. The molecular formula is C12H10N2O2. The van der Waals surface area contributed by atoms with Crippen LogP contribution in [-0.2, 0) is 0 Å². The highest BCUT2D eigenvalue weighted by atomic mass is 16.6. The van der Waals surface area contributed by atoms with Crippen LogP contribution >= 0.6 is 0 Å². The molecule has 0 spiro atoms. The normalized spacial score (nSPS) is 11.1. The van der Waals surface area contributed by atoms with Crippen molar-refractivity contribution in [2.75, 3.05) is 0 Å². The van der Waals surface area contributed by atoms with Gasteiger partial charge in [-0.25, -0.2) is 0 Å². The Kier molecular flexibility index (Phi) is 2.64. The third kappa shape index (κ3) is 1.91. The van der Waals surface area contributed by atoms with E-state index in [0.717, 1.165) is 28.2 Å². The minimum absolute atomic E-state index is 0.464. The monoisotopic (exact) mass is 214 g/mol. The van der Waals surface area contributed by atoms with E-state index in [2.05, 4.69) is 4.98 Å². The Morgan fingerprint density at radius 3 is 2.94 bits per heavy atom. The Balaban J connectivity index is 2.66. The van der Waals surface area contributed by atoms with Crippen molar-refractivity contribution in [2.45, 2.75) is 6.92 Å². The van der Waals surface area contributed by atoms with E-state index in [0.29, 0.717) is 0 Å². The maximum absolute atomic E-state index is 10.3. The number of fused-ring (bicyclic) bond motifs is 1. The molecule has 0 saturated heterocycles. The quantitative estimate of drug-likeness (QED) is 0.570. The molecule has 0 N–H and O–H groups in total. The van der Waals surface area contributed by atoms with Gasteiger partial charge in [-0.1, -0.05) is 12.1 Å². The molecule has 0 bridgehead atoms. The van der Waals surface area contributed by atoms with Gasteiger partial charge in [0.25, 0.3) is 0 Å². The molecular weight excluding hydrogens is 204 g/mol. The Labute approximate surface area is 92.4 Å². The second-order valence-corrected chi connectivity index (χ2v) is 3.47. The summed E-state index contributed by atoms with van der Waals surface area (Å²) in [6.45, 7) is 1.92. The molecule has 0 aliphatic heterocycles. The van der Waals surface area contributed by atoms with E-state index in [9.17, 15) is 10.1 Å². The first kappa shape index (κ1) is 10.3. The highest BCUT2D eigenvalue weighted by Crippen LogP contribution is 2.21. The fourth-order valence-electron chi connectivity index (χ4n) is 1.64. The predicted octanol–water partition coefficient (Wildman–Crippen LogP) is 2.79. The zero-order valence-corrected chi connectivity index (χ0v) is 8.75. The van der Waals surface area contributed by atoms with E-state index in [-0.39, 0.29) is 0 Å². The fraction of sp³-hybridized carbons (Fsp3) is 0.0833. The van der Waals surface area contributed by atoms with Crippen LogP contribution in [0.2, 0.25) is 0 Å². The molecule has 1 heterocycles. The highest BCUT2D eigenvalue weighted by Gasteiger charge is 2.03. The summed E-state index contributed by atoms with van der Waals surface area (Å²) >= 11 is 0. The molecule has 2 rings (SSSR count). The van der Waals surface area contributed by atoms with Gasteiger partial charge in [0.2, 0.25) is 6.20 Å². The predicted molar refractivity (Wildman–Crippen MR) is 62.5 cm³/mol. The molecule has 0 aliphatic rings. The minimum Gasteiger partial charge on any atom is -0.259 e. The van der Waals surface area contributed by atoms with E-state index in [1.165, 1.54) is 6.08 Å². The summed E-state index contributed by atoms with van der Waals surface area (Å²) in [4.78, 5) is 14.1. The van der Waals surface area contributed by atoms with Gasteiger partial charge in [0.15, 0.2) is 0 Å². The zero-order valence-electron chi connectivity index (χ0n) is 8.75. The molecule has 16 heavy (non-hydrogen) atoms. The van der Waals surface area contributed by atoms with Gasteiger partial charge >= 0.3 is 0 Å². The number of nitro groups is 1. The van der Waals surface area contributed by atoms with E-state index in [4.69, 9.17) is 0 Å². The smallest absolute Gasteiger partial charge is 0.235 e. The summed E-state index contributed by atoms with van der Waals surface area (Å²) < 4.78 is 0. The first-order valence-corrected chi connectivity index (χ1v) is 4.84. The SMILES string of the molecule is Cc1ccc2ncccc2c1/C=C/[N+](=O)[O-]. The second-order valence-electron chi connectivity index (χ2n) is 3.47. The Bertz CT molecular complexity index is 576. The number of pyridine rings is 1. The Morgan fingerprint density at radius 2 is 2.19 bits per heavy atom. The van der Waals surface area contributed by atoms with E-state index in [1.807, 2.05) is 31.2 Å². The van der Waals surface area contributed by atoms with Gasteiger partial charge in [0, 0.05) is 17.7 Å². The van der Waals surface area contributed by atoms with Crippen LogP contribution in [-0.4, -0.2) is 9.91 Å². The van der Waals surface area contributed by atoms with E-state index >= 15 is 0 Å². The van der Waals surface area contributed by atoms with Crippen molar-refractivity contribution in [1.29, 1.82) is 0 Å². The number of hydrogen-bond donors (Lipinski definition) is 0. The lowest BCUT2D eigenvalue weighted by Gasteiger charge is -2.04. The fourth-order valence-corrected chi connectivity index (χ4v) is 1.64. The summed E-state index contributed by atoms with van der Waals surface area (Å²) in [7, 11) is 0. The number of aryl methyl sites for hydroxylation is 1. The number of nitrogens with zero attached hydrogens (tertiary/aromatic N) is 2. The molecule has 4 heteroatoms. The summed E-state index contributed by atoms with van der Waals surface area (Å²) in [6.07, 6.45) is 4.17. The van der Waals surface area contributed by atoms with Crippen molar-refractivity contribution in [1.82, 2.24) is 4.98 Å². The summed E-state index contributed by atoms with van der Waals surface area (Å²) in [6, 6.07) is 7.56. The Morgan fingerprint density at radius 1 is 1.38 bits per heavy atom. The second kappa shape index (κ2) is 4.10. The molecule has 0 amide bonds. The van der Waals surface area contributed by atoms with Crippen LogP contribution in [0.25, 0.3) is 17.0 Å². The van der Waals surface area contributed by atoms with Crippen molar-refractivity contribution in [3.63, 3.8) is 0 Å². The van der Waals surface area contributed by atoms with Gasteiger partial charge in [-0.05, 0) is 30.2 Å². The van der Waals surface area contributed by atoms with Crippen LogP contribution in [0.15, 0.2) is 36.7 Å². The lowest BCUT2D eigenvalue weighted by molar-refractivity contribution is -0.400. The van der Waals surface area contributed by atoms with Crippen LogP contribution in [0, 0.1) is 17.0 Å². The van der Waals surface area contributed by atoms with Crippen LogP contribution in [0.1, 0.15) is 11.1 Å². The molecule has 0 radical (unpaired) electrons. The van der Waals surface area contributed by atoms with E-state index < -0.39 is 4.92 Å². The average molecular weight is 214 g/mol. The van der Waals surface area contributed by atoms with Crippen LogP contribution in [0.4, 0.5) is 0 Å². The highest BCUT2D eigenvalue weighted by molar-refractivity contribution is 5.89. The topological polar surface area (TPSA) is 56.0 Å². The van der Waals surface area contributed by atoms with Gasteiger partial charge in [0.05, 0.1) is 10.4 Å². The third-order valence-corrected chi connectivity index (χ3v) is 2.41. The van der Waals surface area contributed by atoms with Crippen molar-refractivity contribution in [2.24, 2.45) is 0 Å². The Hall–Kier alpha value is -2.23. The first-order chi connectivity index (χ1) is 7.68. The zero-order chi connectivity index (χ0) is 11.5. The summed E-state index contributed by atoms with van der Waals surface area (Å²) in [5.74, 6) is 0. The molecule has 80 valence electrons. The van der Waals surface area contributed by atoms with Crippen LogP contribution < -0.4 is 0 Å². The average Bonchev–Trinajstić information content (AvgIpc) is 2.27. The minimum atomic E-state index is -0.464. The van der Waals surface area contributed by atoms with Crippen LogP contribution in [0.3, 0.4) is 0 Å². The molecule has 1 aromatic carbocycles. The van der Waals surface area contributed by atoms with E-state index in [1.54, 1.807) is 6.20 Å². The van der Waals surface area contributed by atoms with Crippen molar-refractivity contribution < 1.29 is 4.92 Å². The van der Waals surface area contributed by atoms with Gasteiger partial charge in [-0.3, -0.25) is 15.1 Å². The van der Waals surface area contributed by atoms with Gasteiger partial charge in [0.1, 0.15) is 0 Å². The maximum Gasteiger partial charge on any atom is 0.235 e. The number of aromatic nitrogens is 1. The third-order valence-electron chi connectivity index (χ3n) is 2.41. The maximum atomic E-state index is 10.3. The molecule has 0 atom stereocenters. The molecule has 2 aromatic rings. The molecule has 1 aromatic heterocycles. The number of rotatable bonds is 2. The molecule has 0 fully saturated rings. The van der Waals surface area contributed by atoms with Gasteiger partial charge in [-0.15, -0.1) is 0 Å². The lowest BCUT2D eigenvalue weighted by atomic mass is 10.0. The lowest BCUT2D eigenvalue weighted by Crippen LogP contribution is -1.88. The van der Waals surface area contributed by atoms with Crippen molar-refractivity contribution >= 4 is 17.0 Å². The first-order valence-electron chi connectivity index (χ1n) is 4.84. The summed E-state index contributed by atoms with van der Waals surface area (Å²) in [5.41, 5.74) is 2.69. The summed E-state index contributed by atoms with van der Waals surface area (Å²) in [5, 5.41) is 11.3. The van der Waals surface area contributed by atoms with Crippen molar-refractivity contribution in [3.8, 4) is 0 Å². The number of hydrogen-bond acceptors (Lipinski definition) is 3. The van der Waals surface area contributed by atoms with Crippen LogP contribution in [0.5, 0.6) is 0 Å². The number of benzene rings is 1. The largest absolute Gasteiger partial charge is 0.259 e. The molecule has 0 unspecified atom stereocenters. The standard InChI is InChI=1S/C12H10N2O2/c1-9-4-5-12-11(3-2-7-13-12)10(9)6-8-14(15)16/h2-8H,1H3/b8-6+.